The largest absolute Gasteiger partial charge is 0.497 e. The molecule has 0 fully saturated rings. The van der Waals surface area contributed by atoms with Gasteiger partial charge >= 0.3 is 5.97 Å². The Kier molecular flexibility index (Phi) is 8.50. The van der Waals surface area contributed by atoms with Gasteiger partial charge in [-0.3, -0.25) is 9.59 Å². The molecule has 0 radical (unpaired) electrons. The van der Waals surface area contributed by atoms with E-state index >= 15 is 0 Å². The molecule has 178 valence electrons. The minimum Gasteiger partial charge on any atom is -0.497 e. The summed E-state index contributed by atoms with van der Waals surface area (Å²) < 4.78 is 15.8. The molecule has 2 amide bonds. The molecule has 0 aliphatic carbocycles. The predicted molar refractivity (Wildman–Crippen MR) is 132 cm³/mol. The summed E-state index contributed by atoms with van der Waals surface area (Å²) in [7, 11) is 1.53. The Morgan fingerprint density at radius 1 is 1.03 bits per heavy atom. The van der Waals surface area contributed by atoms with Crippen LogP contribution in [0, 0.1) is 6.92 Å². The molecule has 0 saturated heterocycles. The molecule has 2 aromatic carbocycles. The number of rotatable bonds is 9. The maximum absolute atomic E-state index is 13.0. The number of benzene rings is 2. The fraction of sp³-hybridized carbons (Fsp3) is 0.208. The standard InChI is InChI=1S/C24H23ClN2O6S/c1-4-32-24(30)20-14(2)21(22(29)26-16-6-5-7-18(12-16)31-3)34-23(20)27-19(28)13-33-17-10-8-15(25)9-11-17/h5-12H,4,13H2,1-3H3,(H,26,29)(H,27,28). The first-order valence-electron chi connectivity index (χ1n) is 10.3. The Morgan fingerprint density at radius 2 is 1.76 bits per heavy atom. The van der Waals surface area contributed by atoms with Crippen molar-refractivity contribution in [3.05, 3.63) is 69.6 Å². The number of carbonyl (C=O) groups is 3. The first-order chi connectivity index (χ1) is 16.3. The lowest BCUT2D eigenvalue weighted by Crippen LogP contribution is -2.21. The Balaban J connectivity index is 1.80. The highest BCUT2D eigenvalue weighted by Crippen LogP contribution is 2.34. The Hall–Kier alpha value is -3.56. The predicted octanol–water partition coefficient (Wildman–Crippen LogP) is 5.17. The lowest BCUT2D eigenvalue weighted by molar-refractivity contribution is -0.118. The minimum absolute atomic E-state index is 0.127. The van der Waals surface area contributed by atoms with Crippen molar-refractivity contribution in [1.82, 2.24) is 0 Å². The van der Waals surface area contributed by atoms with Crippen LogP contribution < -0.4 is 20.1 Å². The average Bonchev–Trinajstić information content (AvgIpc) is 3.14. The van der Waals surface area contributed by atoms with Crippen molar-refractivity contribution in [3.63, 3.8) is 0 Å². The summed E-state index contributed by atoms with van der Waals surface area (Å²) in [5, 5.41) is 6.19. The molecule has 34 heavy (non-hydrogen) atoms. The number of methoxy groups -OCH3 is 1. The second-order valence-electron chi connectivity index (χ2n) is 6.96. The molecule has 0 aliphatic heterocycles. The highest BCUT2D eigenvalue weighted by atomic mass is 35.5. The van der Waals surface area contributed by atoms with Gasteiger partial charge in [0.25, 0.3) is 11.8 Å². The maximum Gasteiger partial charge on any atom is 0.341 e. The van der Waals surface area contributed by atoms with Crippen LogP contribution >= 0.6 is 22.9 Å². The van der Waals surface area contributed by atoms with Crippen LogP contribution in [0.1, 0.15) is 32.5 Å². The van der Waals surface area contributed by atoms with E-state index < -0.39 is 17.8 Å². The van der Waals surface area contributed by atoms with Crippen molar-refractivity contribution in [2.45, 2.75) is 13.8 Å². The van der Waals surface area contributed by atoms with Gasteiger partial charge in [0.15, 0.2) is 6.61 Å². The quantitative estimate of drug-likeness (QED) is 0.391. The molecule has 1 heterocycles. The fourth-order valence-electron chi connectivity index (χ4n) is 3.00. The molecular formula is C24H23ClN2O6S. The normalized spacial score (nSPS) is 10.4. The van der Waals surface area contributed by atoms with Gasteiger partial charge in [-0.15, -0.1) is 11.3 Å². The fourth-order valence-corrected chi connectivity index (χ4v) is 4.23. The van der Waals surface area contributed by atoms with Crippen molar-refractivity contribution < 1.29 is 28.6 Å². The van der Waals surface area contributed by atoms with Crippen LogP contribution in [0.2, 0.25) is 5.02 Å². The van der Waals surface area contributed by atoms with E-state index in [1.807, 2.05) is 0 Å². The zero-order valence-corrected chi connectivity index (χ0v) is 20.3. The number of carbonyl (C=O) groups excluding carboxylic acids is 3. The zero-order chi connectivity index (χ0) is 24.7. The topological polar surface area (TPSA) is 103 Å². The van der Waals surface area contributed by atoms with Gasteiger partial charge in [-0.2, -0.15) is 0 Å². The number of esters is 1. The van der Waals surface area contributed by atoms with E-state index in [1.54, 1.807) is 62.4 Å². The number of nitrogens with one attached hydrogen (secondary N) is 2. The number of thiophene rings is 1. The van der Waals surface area contributed by atoms with E-state index in [-0.39, 0.29) is 28.7 Å². The van der Waals surface area contributed by atoms with Crippen molar-refractivity contribution in [3.8, 4) is 11.5 Å². The van der Waals surface area contributed by atoms with Crippen LogP contribution in [0.15, 0.2) is 48.5 Å². The summed E-state index contributed by atoms with van der Waals surface area (Å²) in [4.78, 5) is 38.3. The highest BCUT2D eigenvalue weighted by Gasteiger charge is 2.27. The number of amides is 2. The van der Waals surface area contributed by atoms with Gasteiger partial charge in [0.1, 0.15) is 16.5 Å². The average molecular weight is 503 g/mol. The molecule has 0 atom stereocenters. The molecule has 0 unspecified atom stereocenters. The summed E-state index contributed by atoms with van der Waals surface area (Å²) in [6, 6.07) is 13.4. The van der Waals surface area contributed by atoms with Gasteiger partial charge in [0.2, 0.25) is 0 Å². The minimum atomic E-state index is -0.634. The van der Waals surface area contributed by atoms with Gasteiger partial charge in [0.05, 0.1) is 24.2 Å². The summed E-state index contributed by atoms with van der Waals surface area (Å²) in [6.45, 7) is 3.15. The monoisotopic (exact) mass is 502 g/mol. The molecule has 0 aliphatic rings. The molecule has 8 nitrogen and oxygen atoms in total. The van der Waals surface area contributed by atoms with Crippen molar-refractivity contribution in [2.75, 3.05) is 31.0 Å². The number of anilines is 2. The van der Waals surface area contributed by atoms with E-state index in [0.29, 0.717) is 27.8 Å². The third kappa shape index (κ3) is 6.27. The summed E-state index contributed by atoms with van der Waals surface area (Å²) in [5.41, 5.74) is 1.05. The second-order valence-corrected chi connectivity index (χ2v) is 8.41. The molecule has 0 bridgehead atoms. The van der Waals surface area contributed by atoms with Gasteiger partial charge in [0, 0.05) is 16.8 Å². The van der Waals surface area contributed by atoms with Crippen molar-refractivity contribution in [2.24, 2.45) is 0 Å². The highest BCUT2D eigenvalue weighted by molar-refractivity contribution is 7.19. The Labute approximate surface area is 205 Å². The molecule has 1 aromatic heterocycles. The van der Waals surface area contributed by atoms with Crippen LogP contribution in [0.4, 0.5) is 10.7 Å². The lowest BCUT2D eigenvalue weighted by atomic mass is 10.1. The maximum atomic E-state index is 13.0. The smallest absolute Gasteiger partial charge is 0.341 e. The van der Waals surface area contributed by atoms with Gasteiger partial charge < -0.3 is 24.8 Å². The van der Waals surface area contributed by atoms with Crippen LogP contribution in [0.3, 0.4) is 0 Å². The van der Waals surface area contributed by atoms with Crippen LogP contribution in [-0.4, -0.2) is 38.1 Å². The number of ether oxygens (including phenoxy) is 3. The van der Waals surface area contributed by atoms with Crippen LogP contribution in [-0.2, 0) is 9.53 Å². The number of halogens is 1. The second kappa shape index (κ2) is 11.5. The molecule has 3 rings (SSSR count). The van der Waals surface area contributed by atoms with Crippen LogP contribution in [0.25, 0.3) is 0 Å². The first-order valence-corrected chi connectivity index (χ1v) is 11.5. The van der Waals surface area contributed by atoms with E-state index in [4.69, 9.17) is 25.8 Å². The Bertz CT molecular complexity index is 1190. The third-order valence-electron chi connectivity index (χ3n) is 4.60. The van der Waals surface area contributed by atoms with Gasteiger partial charge in [-0.1, -0.05) is 17.7 Å². The van der Waals surface area contributed by atoms with Crippen molar-refractivity contribution in [1.29, 1.82) is 0 Å². The number of hydrogen-bond acceptors (Lipinski definition) is 7. The van der Waals surface area contributed by atoms with Gasteiger partial charge in [-0.25, -0.2) is 4.79 Å². The first kappa shape index (κ1) is 25.1. The molecular weight excluding hydrogens is 480 g/mol. The van der Waals surface area contributed by atoms with E-state index in [1.165, 1.54) is 7.11 Å². The zero-order valence-electron chi connectivity index (χ0n) is 18.8. The summed E-state index contributed by atoms with van der Waals surface area (Å²) in [5.74, 6) is -0.515. The number of hydrogen-bond donors (Lipinski definition) is 2. The van der Waals surface area contributed by atoms with Crippen molar-refractivity contribution >= 4 is 51.4 Å². The molecule has 3 aromatic rings. The van der Waals surface area contributed by atoms with E-state index in [0.717, 1.165) is 11.3 Å². The van der Waals surface area contributed by atoms with Crippen LogP contribution in [0.5, 0.6) is 11.5 Å². The molecule has 10 heteroatoms. The Morgan fingerprint density at radius 3 is 2.44 bits per heavy atom. The molecule has 2 N–H and O–H groups in total. The summed E-state index contributed by atoms with van der Waals surface area (Å²) in [6.07, 6.45) is 0. The lowest BCUT2D eigenvalue weighted by Gasteiger charge is -2.08. The SMILES string of the molecule is CCOC(=O)c1c(NC(=O)COc2ccc(Cl)cc2)sc(C(=O)Nc2cccc(OC)c2)c1C. The molecule has 0 spiro atoms. The van der Waals surface area contributed by atoms with Gasteiger partial charge in [-0.05, 0) is 55.8 Å². The van der Waals surface area contributed by atoms with E-state index in [9.17, 15) is 14.4 Å². The molecule has 0 saturated carbocycles. The third-order valence-corrected chi connectivity index (χ3v) is 6.05. The van der Waals surface area contributed by atoms with E-state index in [2.05, 4.69) is 10.6 Å². The summed E-state index contributed by atoms with van der Waals surface area (Å²) >= 11 is 6.83.